The molecule has 0 unspecified atom stereocenters. The molecule has 2 aromatic heterocycles. The average Bonchev–Trinajstić information content (AvgIpc) is 3.48. The Morgan fingerprint density at radius 2 is 1.69 bits per heavy atom. The smallest absolute Gasteiger partial charge is 0.319 e. The van der Waals surface area contributed by atoms with Gasteiger partial charge in [-0.25, -0.2) is 4.79 Å². The number of urea groups is 1. The van der Waals surface area contributed by atoms with Crippen LogP contribution < -0.4 is 10.6 Å². The molecule has 0 saturated heterocycles. The van der Waals surface area contributed by atoms with E-state index < -0.39 is 6.03 Å². The van der Waals surface area contributed by atoms with Crippen LogP contribution >= 0.6 is 34.5 Å². The number of ketones is 1. The summed E-state index contributed by atoms with van der Waals surface area (Å²) in [7, 11) is 0. The van der Waals surface area contributed by atoms with Gasteiger partial charge >= 0.3 is 6.03 Å². The van der Waals surface area contributed by atoms with Gasteiger partial charge in [-0.1, -0.05) is 68.2 Å². The molecule has 2 amide bonds. The lowest BCUT2D eigenvalue weighted by molar-refractivity contribution is 0.103. The van der Waals surface area contributed by atoms with Crippen LogP contribution in [0, 0.1) is 0 Å². The second-order valence-electron chi connectivity index (χ2n) is 8.35. The third-order valence-electron chi connectivity index (χ3n) is 5.48. The number of benzene rings is 2. The highest BCUT2D eigenvalue weighted by Crippen LogP contribution is 2.33. The Balaban J connectivity index is 1.69. The summed E-state index contributed by atoms with van der Waals surface area (Å²) in [6.07, 6.45) is 0.764. The molecule has 0 fully saturated rings. The molecular weight excluding hydrogens is 517 g/mol. The van der Waals surface area contributed by atoms with Crippen molar-refractivity contribution in [3.63, 3.8) is 0 Å². The largest absolute Gasteiger partial charge is 0.331 e. The third-order valence-corrected chi connectivity index (χ3v) is 7.40. The first-order valence-corrected chi connectivity index (χ1v) is 13.0. The molecule has 0 radical (unpaired) electrons. The Morgan fingerprint density at radius 3 is 2.36 bits per heavy atom. The minimum Gasteiger partial charge on any atom is -0.331 e. The van der Waals surface area contributed by atoms with Crippen LogP contribution in [0.2, 0.25) is 10.0 Å². The van der Waals surface area contributed by atoms with Gasteiger partial charge in [0.2, 0.25) is 0 Å². The molecule has 36 heavy (non-hydrogen) atoms. The Bertz CT molecular complexity index is 1410. The fourth-order valence-corrected chi connectivity index (χ4v) is 5.18. The molecule has 10 heteroatoms. The number of hydrogen-bond donors (Lipinski definition) is 2. The van der Waals surface area contributed by atoms with Crippen LogP contribution in [0.3, 0.4) is 0 Å². The van der Waals surface area contributed by atoms with E-state index in [0.717, 1.165) is 11.3 Å². The van der Waals surface area contributed by atoms with Crippen molar-refractivity contribution < 1.29 is 9.59 Å². The van der Waals surface area contributed by atoms with E-state index in [1.807, 2.05) is 31.4 Å². The molecule has 186 valence electrons. The fourth-order valence-electron chi connectivity index (χ4n) is 3.65. The summed E-state index contributed by atoms with van der Waals surface area (Å²) in [6, 6.07) is 15.4. The number of para-hydroxylation sites is 1. The zero-order valence-corrected chi connectivity index (χ0v) is 22.3. The van der Waals surface area contributed by atoms with E-state index in [-0.39, 0.29) is 18.2 Å². The standard InChI is InChI=1S/C26H25Cl2N5O2S/c1-4-16-13-18(23(34)17-9-5-6-10-19(17)27)25(36-16)33-22(31-32-24(33)15(2)3)14-29-26(35)30-21-12-8-7-11-20(21)28/h5-13,15H,4,14H2,1-3H3,(H2,29,30,35). The molecule has 0 saturated carbocycles. The van der Waals surface area contributed by atoms with Gasteiger partial charge in [-0.05, 0) is 36.8 Å². The maximum absolute atomic E-state index is 13.6. The lowest BCUT2D eigenvalue weighted by Gasteiger charge is -2.14. The maximum atomic E-state index is 13.6. The SMILES string of the molecule is CCc1cc(C(=O)c2ccccc2Cl)c(-n2c(CNC(=O)Nc3ccccc3Cl)nnc2C(C)C)s1. The summed E-state index contributed by atoms with van der Waals surface area (Å²) >= 11 is 14.0. The predicted molar refractivity (Wildman–Crippen MR) is 145 cm³/mol. The first-order valence-electron chi connectivity index (χ1n) is 11.5. The number of hydrogen-bond acceptors (Lipinski definition) is 5. The van der Waals surface area contributed by atoms with Crippen molar-refractivity contribution in [2.24, 2.45) is 0 Å². The van der Waals surface area contributed by atoms with Gasteiger partial charge in [0.25, 0.3) is 0 Å². The molecule has 0 aliphatic rings. The topological polar surface area (TPSA) is 88.9 Å². The molecule has 2 heterocycles. The van der Waals surface area contributed by atoms with E-state index in [1.165, 1.54) is 11.3 Å². The molecule has 0 bridgehead atoms. The molecule has 2 N–H and O–H groups in total. The normalized spacial score (nSPS) is 11.1. The number of amides is 2. The molecule has 0 atom stereocenters. The van der Waals surface area contributed by atoms with E-state index in [2.05, 4.69) is 20.8 Å². The number of thiophene rings is 1. The van der Waals surface area contributed by atoms with Crippen LogP contribution in [0.4, 0.5) is 10.5 Å². The second kappa shape index (κ2) is 11.2. The van der Waals surface area contributed by atoms with Gasteiger partial charge in [0.05, 0.1) is 27.8 Å². The number of rotatable bonds is 8. The number of aryl methyl sites for hydroxylation is 1. The predicted octanol–water partition coefficient (Wildman–Crippen LogP) is 6.87. The average molecular weight is 542 g/mol. The number of anilines is 1. The number of carbonyl (C=O) groups is 2. The summed E-state index contributed by atoms with van der Waals surface area (Å²) in [5, 5.41) is 15.8. The van der Waals surface area contributed by atoms with Crippen molar-refractivity contribution in [3.05, 3.63) is 92.3 Å². The van der Waals surface area contributed by atoms with Crippen LogP contribution in [0.1, 0.15) is 59.1 Å². The molecule has 7 nitrogen and oxygen atoms in total. The van der Waals surface area contributed by atoms with Crippen LogP contribution in [0.15, 0.2) is 54.6 Å². The monoisotopic (exact) mass is 541 g/mol. The molecule has 0 aliphatic carbocycles. The summed E-state index contributed by atoms with van der Waals surface area (Å²) < 4.78 is 1.87. The van der Waals surface area contributed by atoms with Gasteiger partial charge in [-0.3, -0.25) is 9.36 Å². The van der Waals surface area contributed by atoms with Crippen molar-refractivity contribution >= 4 is 52.0 Å². The van der Waals surface area contributed by atoms with Crippen molar-refractivity contribution in [1.82, 2.24) is 20.1 Å². The fraction of sp³-hybridized carbons (Fsp3) is 0.231. The van der Waals surface area contributed by atoms with Gasteiger partial charge in [0.1, 0.15) is 10.8 Å². The van der Waals surface area contributed by atoms with E-state index >= 15 is 0 Å². The van der Waals surface area contributed by atoms with Crippen molar-refractivity contribution in [3.8, 4) is 5.00 Å². The summed E-state index contributed by atoms with van der Waals surface area (Å²) in [5.41, 5.74) is 1.45. The minimum atomic E-state index is -0.434. The molecule has 2 aromatic carbocycles. The quantitative estimate of drug-likeness (QED) is 0.238. The number of carbonyl (C=O) groups excluding carboxylic acids is 2. The summed E-state index contributed by atoms with van der Waals surface area (Å²) in [5.74, 6) is 1.05. The maximum Gasteiger partial charge on any atom is 0.319 e. The van der Waals surface area contributed by atoms with Crippen molar-refractivity contribution in [2.75, 3.05) is 5.32 Å². The minimum absolute atomic E-state index is 0.0265. The molecular formula is C26H25Cl2N5O2S. The van der Waals surface area contributed by atoms with Gasteiger partial charge in [0.15, 0.2) is 11.6 Å². The van der Waals surface area contributed by atoms with Crippen molar-refractivity contribution in [2.45, 2.75) is 39.7 Å². The lowest BCUT2D eigenvalue weighted by atomic mass is 10.0. The van der Waals surface area contributed by atoms with Gasteiger partial charge in [0, 0.05) is 16.4 Å². The first kappa shape index (κ1) is 25.9. The first-order chi connectivity index (χ1) is 17.3. The number of nitrogens with one attached hydrogen (secondary N) is 2. The zero-order valence-electron chi connectivity index (χ0n) is 20.0. The van der Waals surface area contributed by atoms with E-state index in [4.69, 9.17) is 23.2 Å². The number of aromatic nitrogens is 3. The Labute approximate surface area is 223 Å². The molecule has 4 rings (SSSR count). The highest BCUT2D eigenvalue weighted by Gasteiger charge is 2.26. The molecule has 4 aromatic rings. The van der Waals surface area contributed by atoms with Crippen molar-refractivity contribution in [1.29, 1.82) is 0 Å². The van der Waals surface area contributed by atoms with E-state index in [1.54, 1.807) is 48.5 Å². The van der Waals surface area contributed by atoms with Crippen LogP contribution in [0.5, 0.6) is 0 Å². The van der Waals surface area contributed by atoms with Crippen LogP contribution in [-0.4, -0.2) is 26.6 Å². The van der Waals surface area contributed by atoms with Crippen LogP contribution in [0.25, 0.3) is 5.00 Å². The van der Waals surface area contributed by atoms with Crippen LogP contribution in [-0.2, 0) is 13.0 Å². The number of halogens is 2. The van der Waals surface area contributed by atoms with Gasteiger partial charge < -0.3 is 10.6 Å². The number of nitrogens with zero attached hydrogens (tertiary/aromatic N) is 3. The second-order valence-corrected chi connectivity index (χ2v) is 10.3. The van der Waals surface area contributed by atoms with Gasteiger partial charge in [-0.15, -0.1) is 21.5 Å². The van der Waals surface area contributed by atoms with Gasteiger partial charge in [-0.2, -0.15) is 0 Å². The molecule has 0 aliphatic heterocycles. The highest BCUT2D eigenvalue weighted by molar-refractivity contribution is 7.15. The van der Waals surface area contributed by atoms with E-state index in [0.29, 0.717) is 43.5 Å². The Hall–Kier alpha value is -3.20. The zero-order chi connectivity index (χ0) is 25.8. The summed E-state index contributed by atoms with van der Waals surface area (Å²) in [4.78, 5) is 27.2. The van der Waals surface area contributed by atoms with E-state index in [9.17, 15) is 9.59 Å². The lowest BCUT2D eigenvalue weighted by Crippen LogP contribution is -2.29. The molecule has 0 spiro atoms. The highest BCUT2D eigenvalue weighted by atomic mass is 35.5. The third kappa shape index (κ3) is 5.46. The summed E-state index contributed by atoms with van der Waals surface area (Å²) in [6.45, 7) is 6.14. The Morgan fingerprint density at radius 1 is 1.00 bits per heavy atom. The Kier molecular flexibility index (Phi) is 8.08.